The number of hydrogen-bond acceptors (Lipinski definition) is 0. The zero-order chi connectivity index (χ0) is 33.8. The van der Waals surface area contributed by atoms with Crippen LogP contribution in [0.15, 0.2) is 170 Å². The third-order valence-corrected chi connectivity index (χ3v) is 11.8. The van der Waals surface area contributed by atoms with Gasteiger partial charge in [-0.2, -0.15) is 0 Å². The topological polar surface area (TPSA) is 0 Å². The Morgan fingerprint density at radius 1 is 0.294 bits per heavy atom. The van der Waals surface area contributed by atoms with Gasteiger partial charge in [0.1, 0.15) is 0 Å². The lowest BCUT2D eigenvalue weighted by Crippen LogP contribution is -2.15. The molecule has 0 heterocycles. The normalized spacial score (nSPS) is 13.5. The minimum absolute atomic E-state index is 0.155. The standard InChI is InChI=1S/C51H34/c1-51(2)47-28-34(25-26-39(47)46-29-44-37-17-7-5-15-35(37)36-16-6-8-18-38(36)45(44)30-48(46)51)50-42-21-11-9-19-40(42)49(41-20-10-12-22-43(41)50)33-24-23-31-13-3-4-14-32(31)27-33/h3-30H,1-2H3. The Morgan fingerprint density at radius 3 is 1.27 bits per heavy atom. The van der Waals surface area contributed by atoms with E-state index in [1.807, 2.05) is 0 Å². The molecule has 1 aliphatic rings. The first-order valence-corrected chi connectivity index (χ1v) is 18.0. The van der Waals surface area contributed by atoms with Gasteiger partial charge in [0.2, 0.25) is 0 Å². The molecule has 0 nitrogen and oxygen atoms in total. The first kappa shape index (κ1) is 28.6. The van der Waals surface area contributed by atoms with E-state index in [4.69, 9.17) is 0 Å². The van der Waals surface area contributed by atoms with Crippen molar-refractivity contribution >= 4 is 64.6 Å². The highest BCUT2D eigenvalue weighted by atomic mass is 14.4. The van der Waals surface area contributed by atoms with Crippen LogP contribution in [0.1, 0.15) is 25.0 Å². The van der Waals surface area contributed by atoms with Crippen molar-refractivity contribution in [2.24, 2.45) is 0 Å². The fraction of sp³-hybridized carbons (Fsp3) is 0.0588. The summed E-state index contributed by atoms with van der Waals surface area (Å²) < 4.78 is 0. The van der Waals surface area contributed by atoms with Crippen LogP contribution in [0.2, 0.25) is 0 Å². The first-order chi connectivity index (χ1) is 25.1. The molecule has 1 aliphatic carbocycles. The molecule has 11 rings (SSSR count). The average molecular weight is 647 g/mol. The molecule has 0 radical (unpaired) electrons. The maximum atomic E-state index is 2.50. The maximum Gasteiger partial charge on any atom is 0.0159 e. The van der Waals surface area contributed by atoms with Gasteiger partial charge in [-0.15, -0.1) is 0 Å². The van der Waals surface area contributed by atoms with E-state index in [2.05, 4.69) is 184 Å². The van der Waals surface area contributed by atoms with Gasteiger partial charge in [-0.1, -0.05) is 159 Å². The van der Waals surface area contributed by atoms with E-state index in [1.54, 1.807) is 0 Å². The number of hydrogen-bond donors (Lipinski definition) is 0. The summed E-state index contributed by atoms with van der Waals surface area (Å²) in [6, 6.07) is 63.6. The summed E-state index contributed by atoms with van der Waals surface area (Å²) in [6.45, 7) is 4.82. The largest absolute Gasteiger partial charge is 0.0616 e. The second-order valence-electron chi connectivity index (χ2n) is 14.8. The van der Waals surface area contributed by atoms with Gasteiger partial charge < -0.3 is 0 Å². The highest BCUT2D eigenvalue weighted by molar-refractivity contribution is 6.26. The van der Waals surface area contributed by atoms with Crippen LogP contribution in [0.4, 0.5) is 0 Å². The number of fused-ring (bicyclic) bond motifs is 12. The highest BCUT2D eigenvalue weighted by Crippen LogP contribution is 2.53. The smallest absolute Gasteiger partial charge is 0.0159 e. The molecule has 0 saturated carbocycles. The van der Waals surface area contributed by atoms with Gasteiger partial charge in [0, 0.05) is 5.41 Å². The zero-order valence-corrected chi connectivity index (χ0v) is 28.7. The third-order valence-electron chi connectivity index (χ3n) is 11.8. The van der Waals surface area contributed by atoms with E-state index in [0.29, 0.717) is 0 Å². The van der Waals surface area contributed by atoms with Crippen molar-refractivity contribution in [2.75, 3.05) is 0 Å². The van der Waals surface area contributed by atoms with Crippen LogP contribution < -0.4 is 0 Å². The maximum absolute atomic E-state index is 2.50. The molecular formula is C51H34. The van der Waals surface area contributed by atoms with Gasteiger partial charge in [0.25, 0.3) is 0 Å². The van der Waals surface area contributed by atoms with Crippen molar-refractivity contribution in [2.45, 2.75) is 19.3 Å². The van der Waals surface area contributed by atoms with Crippen molar-refractivity contribution in [1.82, 2.24) is 0 Å². The molecule has 0 aromatic heterocycles. The molecule has 0 N–H and O–H groups in total. The van der Waals surface area contributed by atoms with Crippen molar-refractivity contribution in [3.63, 3.8) is 0 Å². The molecule has 0 heteroatoms. The molecule has 0 aliphatic heterocycles. The average Bonchev–Trinajstić information content (AvgIpc) is 3.40. The summed E-state index contributed by atoms with van der Waals surface area (Å²) in [6.07, 6.45) is 0. The van der Waals surface area contributed by atoms with E-state index in [1.165, 1.54) is 109 Å². The molecule has 10 aromatic carbocycles. The van der Waals surface area contributed by atoms with Gasteiger partial charge in [-0.05, 0) is 133 Å². The van der Waals surface area contributed by atoms with Crippen LogP contribution in [0.3, 0.4) is 0 Å². The summed E-state index contributed by atoms with van der Waals surface area (Å²) in [5.74, 6) is 0. The van der Waals surface area contributed by atoms with Crippen LogP contribution in [0, 0.1) is 0 Å². The minimum atomic E-state index is -0.155. The van der Waals surface area contributed by atoms with Crippen molar-refractivity contribution in [3.05, 3.63) is 181 Å². The molecule has 10 aromatic rings. The van der Waals surface area contributed by atoms with Gasteiger partial charge in [0.15, 0.2) is 0 Å². The SMILES string of the molecule is CC1(C)c2cc(-c3c4ccccc4c(-c4ccc5ccccc5c4)c4ccccc34)ccc2-c2cc3c4ccccc4c4ccccc4c3cc21. The van der Waals surface area contributed by atoms with Crippen LogP contribution in [-0.2, 0) is 5.41 Å². The summed E-state index contributed by atoms with van der Waals surface area (Å²) >= 11 is 0. The summed E-state index contributed by atoms with van der Waals surface area (Å²) in [7, 11) is 0. The molecule has 0 atom stereocenters. The third kappa shape index (κ3) is 3.96. The molecular weight excluding hydrogens is 613 g/mol. The van der Waals surface area contributed by atoms with Crippen molar-refractivity contribution < 1.29 is 0 Å². The molecule has 0 spiro atoms. The van der Waals surface area contributed by atoms with Crippen LogP contribution in [0.25, 0.3) is 98.0 Å². The number of benzene rings is 10. The predicted molar refractivity (Wildman–Crippen MR) is 220 cm³/mol. The lowest BCUT2D eigenvalue weighted by atomic mass is 9.79. The second kappa shape index (κ2) is 10.4. The Morgan fingerprint density at radius 2 is 0.706 bits per heavy atom. The fourth-order valence-electron chi connectivity index (χ4n) is 9.38. The van der Waals surface area contributed by atoms with Crippen LogP contribution >= 0.6 is 0 Å². The van der Waals surface area contributed by atoms with E-state index in [0.717, 1.165) is 0 Å². The van der Waals surface area contributed by atoms with Gasteiger partial charge in [-0.25, -0.2) is 0 Å². The molecule has 0 amide bonds. The second-order valence-corrected chi connectivity index (χ2v) is 14.8. The summed E-state index contributed by atoms with van der Waals surface area (Å²) in [5.41, 5.74) is 10.5. The Bertz CT molecular complexity index is 3050. The van der Waals surface area contributed by atoms with Gasteiger partial charge >= 0.3 is 0 Å². The Hall–Kier alpha value is -6.24. The van der Waals surface area contributed by atoms with Crippen molar-refractivity contribution in [3.8, 4) is 33.4 Å². The van der Waals surface area contributed by atoms with E-state index < -0.39 is 0 Å². The fourth-order valence-corrected chi connectivity index (χ4v) is 9.38. The van der Waals surface area contributed by atoms with Gasteiger partial charge in [-0.3, -0.25) is 0 Å². The molecule has 0 fully saturated rings. The Kier molecular flexibility index (Phi) is 5.82. The number of rotatable bonds is 2. The lowest BCUT2D eigenvalue weighted by molar-refractivity contribution is 0.661. The predicted octanol–water partition coefficient (Wildman–Crippen LogP) is 14.2. The Labute approximate surface area is 297 Å². The van der Waals surface area contributed by atoms with Gasteiger partial charge in [0.05, 0.1) is 0 Å². The van der Waals surface area contributed by atoms with E-state index in [9.17, 15) is 0 Å². The Balaban J connectivity index is 1.16. The van der Waals surface area contributed by atoms with Crippen molar-refractivity contribution in [1.29, 1.82) is 0 Å². The summed E-state index contributed by atoms with van der Waals surface area (Å²) in [5, 5.41) is 15.6. The summed E-state index contributed by atoms with van der Waals surface area (Å²) in [4.78, 5) is 0. The van der Waals surface area contributed by atoms with Crippen LogP contribution in [0.5, 0.6) is 0 Å². The first-order valence-electron chi connectivity index (χ1n) is 18.0. The van der Waals surface area contributed by atoms with Crippen LogP contribution in [-0.4, -0.2) is 0 Å². The van der Waals surface area contributed by atoms with E-state index in [-0.39, 0.29) is 5.41 Å². The molecule has 238 valence electrons. The monoisotopic (exact) mass is 646 g/mol. The quantitative estimate of drug-likeness (QED) is 0.129. The highest BCUT2D eigenvalue weighted by Gasteiger charge is 2.36. The molecule has 51 heavy (non-hydrogen) atoms. The molecule has 0 bridgehead atoms. The zero-order valence-electron chi connectivity index (χ0n) is 28.7. The molecule has 0 unspecified atom stereocenters. The lowest BCUT2D eigenvalue weighted by Gasteiger charge is -2.23. The minimum Gasteiger partial charge on any atom is -0.0616 e. The molecule has 0 saturated heterocycles. The van der Waals surface area contributed by atoms with E-state index >= 15 is 0 Å².